The van der Waals surface area contributed by atoms with Crippen LogP contribution in [-0.4, -0.2) is 21.8 Å². The monoisotopic (exact) mass is 215 g/mol. The number of rotatable bonds is 4. The second kappa shape index (κ2) is 5.04. The first-order chi connectivity index (χ1) is 6.18. The average Bonchev–Trinajstić information content (AvgIpc) is 2.45. The van der Waals surface area contributed by atoms with Crippen LogP contribution in [0.25, 0.3) is 0 Å². The van der Waals surface area contributed by atoms with Gasteiger partial charge in [-0.25, -0.2) is 9.78 Å². The van der Waals surface area contributed by atoms with Gasteiger partial charge in [0.25, 0.3) is 0 Å². The molecule has 0 saturated heterocycles. The highest BCUT2D eigenvalue weighted by Gasteiger charge is 1.96. The van der Waals surface area contributed by atoms with Gasteiger partial charge in [-0.05, 0) is 6.92 Å². The van der Waals surface area contributed by atoms with E-state index >= 15 is 0 Å². The number of carboxylic acids is 1. The van der Waals surface area contributed by atoms with Crippen molar-refractivity contribution >= 4 is 29.1 Å². The summed E-state index contributed by atoms with van der Waals surface area (Å²) in [5.74, 6) is -0.255. The van der Waals surface area contributed by atoms with Gasteiger partial charge in [-0.1, -0.05) is 17.8 Å². The average molecular weight is 215 g/mol. The van der Waals surface area contributed by atoms with Gasteiger partial charge in [0.15, 0.2) is 0 Å². The molecule has 1 aromatic heterocycles. The van der Waals surface area contributed by atoms with Gasteiger partial charge in [-0.2, -0.15) is 0 Å². The molecule has 0 atom stereocenters. The van der Waals surface area contributed by atoms with E-state index in [0.29, 0.717) is 5.75 Å². The molecule has 70 valence electrons. The zero-order valence-electron chi connectivity index (χ0n) is 7.06. The number of carbonyl (C=O) groups is 1. The summed E-state index contributed by atoms with van der Waals surface area (Å²) in [4.78, 5) is 14.3. The molecule has 13 heavy (non-hydrogen) atoms. The van der Waals surface area contributed by atoms with Crippen LogP contribution >= 0.6 is 23.1 Å². The molecule has 0 aromatic carbocycles. The Bertz CT molecular complexity index is 320. The quantitative estimate of drug-likeness (QED) is 0.618. The Morgan fingerprint density at radius 1 is 1.85 bits per heavy atom. The van der Waals surface area contributed by atoms with Gasteiger partial charge in [-0.15, -0.1) is 11.3 Å². The number of nitrogens with zero attached hydrogens (tertiary/aromatic N) is 1. The summed E-state index contributed by atoms with van der Waals surface area (Å²) in [6.45, 7) is 1.94. The van der Waals surface area contributed by atoms with Crippen molar-refractivity contribution in [2.75, 3.05) is 5.75 Å². The minimum Gasteiger partial charge on any atom is -0.478 e. The molecule has 0 amide bonds. The molecule has 0 spiro atoms. The fourth-order valence-corrected chi connectivity index (χ4v) is 2.35. The topological polar surface area (TPSA) is 50.2 Å². The normalized spacial score (nSPS) is 10.8. The Labute approximate surface area is 84.5 Å². The fourth-order valence-electron chi connectivity index (χ4n) is 0.667. The second-order valence-electron chi connectivity index (χ2n) is 2.31. The third kappa shape index (κ3) is 4.10. The Balaban J connectivity index is 2.31. The predicted octanol–water partition coefficient (Wildman–Crippen LogP) is 2.18. The Morgan fingerprint density at radius 2 is 2.62 bits per heavy atom. The van der Waals surface area contributed by atoms with Crippen LogP contribution in [0.3, 0.4) is 0 Å². The first-order valence-electron chi connectivity index (χ1n) is 3.63. The van der Waals surface area contributed by atoms with Crippen molar-refractivity contribution < 1.29 is 9.90 Å². The molecule has 0 radical (unpaired) electrons. The summed E-state index contributed by atoms with van der Waals surface area (Å²) in [5.41, 5.74) is 1.01. The van der Waals surface area contributed by atoms with E-state index in [2.05, 4.69) is 4.98 Å². The Hall–Kier alpha value is -0.810. The number of thiazole rings is 1. The lowest BCUT2D eigenvalue weighted by atomic mass is 10.5. The van der Waals surface area contributed by atoms with E-state index in [4.69, 9.17) is 5.11 Å². The number of aliphatic carboxylic acids is 1. The lowest BCUT2D eigenvalue weighted by Crippen LogP contribution is -1.86. The van der Waals surface area contributed by atoms with Crippen LogP contribution in [0.1, 0.15) is 5.69 Å². The summed E-state index contributed by atoms with van der Waals surface area (Å²) in [6, 6.07) is 0. The van der Waals surface area contributed by atoms with Gasteiger partial charge in [0, 0.05) is 22.9 Å². The van der Waals surface area contributed by atoms with Crippen LogP contribution in [0, 0.1) is 6.92 Å². The molecule has 0 saturated carbocycles. The molecule has 0 fully saturated rings. The summed E-state index contributed by atoms with van der Waals surface area (Å²) in [7, 11) is 0. The molecule has 5 heteroatoms. The molecule has 0 unspecified atom stereocenters. The van der Waals surface area contributed by atoms with Gasteiger partial charge in [0.1, 0.15) is 4.34 Å². The van der Waals surface area contributed by atoms with Crippen LogP contribution in [-0.2, 0) is 4.79 Å². The van der Waals surface area contributed by atoms with Crippen molar-refractivity contribution in [3.63, 3.8) is 0 Å². The summed E-state index contributed by atoms with van der Waals surface area (Å²) >= 11 is 3.12. The van der Waals surface area contributed by atoms with Crippen LogP contribution in [0.5, 0.6) is 0 Å². The van der Waals surface area contributed by atoms with Crippen LogP contribution in [0.15, 0.2) is 21.9 Å². The molecule has 0 aliphatic heterocycles. The number of hydrogen-bond donors (Lipinski definition) is 1. The van der Waals surface area contributed by atoms with E-state index in [9.17, 15) is 4.79 Å². The lowest BCUT2D eigenvalue weighted by Gasteiger charge is -1.88. The number of aromatic nitrogens is 1. The predicted molar refractivity (Wildman–Crippen MR) is 54.4 cm³/mol. The van der Waals surface area contributed by atoms with Crippen molar-refractivity contribution in [3.8, 4) is 0 Å². The highest BCUT2D eigenvalue weighted by atomic mass is 32.2. The smallest absolute Gasteiger partial charge is 0.328 e. The standard InChI is InChI=1S/C8H9NO2S2/c1-6-5-13-8(9-6)12-4-2-3-7(10)11/h2-3,5H,4H2,1H3,(H,10,11). The van der Waals surface area contributed by atoms with E-state index in [0.717, 1.165) is 16.1 Å². The maximum Gasteiger partial charge on any atom is 0.328 e. The molecule has 1 aromatic rings. The zero-order valence-corrected chi connectivity index (χ0v) is 8.69. The molecular formula is C8H9NO2S2. The van der Waals surface area contributed by atoms with E-state index in [1.165, 1.54) is 0 Å². The van der Waals surface area contributed by atoms with Gasteiger partial charge < -0.3 is 5.11 Å². The number of carboxylic acid groups (broad SMARTS) is 1. The van der Waals surface area contributed by atoms with Gasteiger partial charge in [0.05, 0.1) is 0 Å². The maximum atomic E-state index is 10.1. The third-order valence-electron chi connectivity index (χ3n) is 1.16. The van der Waals surface area contributed by atoms with Gasteiger partial charge in [0.2, 0.25) is 0 Å². The lowest BCUT2D eigenvalue weighted by molar-refractivity contribution is -0.131. The van der Waals surface area contributed by atoms with E-state index in [1.54, 1.807) is 29.2 Å². The van der Waals surface area contributed by atoms with E-state index < -0.39 is 5.97 Å². The molecule has 1 rings (SSSR count). The van der Waals surface area contributed by atoms with Gasteiger partial charge in [-0.3, -0.25) is 0 Å². The molecule has 0 aliphatic rings. The minimum atomic E-state index is -0.907. The second-order valence-corrected chi connectivity index (χ2v) is 4.43. The van der Waals surface area contributed by atoms with Crippen molar-refractivity contribution in [2.45, 2.75) is 11.3 Å². The fraction of sp³-hybridized carbons (Fsp3) is 0.250. The molecule has 3 nitrogen and oxygen atoms in total. The summed E-state index contributed by atoms with van der Waals surface area (Å²) in [6.07, 6.45) is 2.76. The number of aryl methyl sites for hydroxylation is 1. The third-order valence-corrected chi connectivity index (χ3v) is 3.25. The highest BCUT2D eigenvalue weighted by Crippen LogP contribution is 2.21. The molecule has 0 bridgehead atoms. The van der Waals surface area contributed by atoms with Crippen LogP contribution in [0.2, 0.25) is 0 Å². The van der Waals surface area contributed by atoms with Crippen LogP contribution < -0.4 is 0 Å². The zero-order chi connectivity index (χ0) is 9.68. The molecule has 1 heterocycles. The van der Waals surface area contributed by atoms with Crippen molar-refractivity contribution in [1.82, 2.24) is 4.98 Å². The Morgan fingerprint density at radius 3 is 3.15 bits per heavy atom. The number of thioether (sulfide) groups is 1. The van der Waals surface area contributed by atoms with Crippen molar-refractivity contribution in [1.29, 1.82) is 0 Å². The van der Waals surface area contributed by atoms with Crippen molar-refractivity contribution in [2.24, 2.45) is 0 Å². The largest absolute Gasteiger partial charge is 0.478 e. The Kier molecular flexibility index (Phi) is 3.98. The van der Waals surface area contributed by atoms with Gasteiger partial charge >= 0.3 is 5.97 Å². The van der Waals surface area contributed by atoms with Crippen molar-refractivity contribution in [3.05, 3.63) is 23.2 Å². The summed E-state index contributed by atoms with van der Waals surface area (Å²) < 4.78 is 0.979. The maximum absolute atomic E-state index is 10.1. The molecular weight excluding hydrogens is 206 g/mol. The highest BCUT2D eigenvalue weighted by molar-refractivity contribution is 8.01. The first kappa shape index (κ1) is 10.3. The van der Waals surface area contributed by atoms with E-state index in [-0.39, 0.29) is 0 Å². The van der Waals surface area contributed by atoms with E-state index in [1.807, 2.05) is 12.3 Å². The molecule has 1 N–H and O–H groups in total. The summed E-state index contributed by atoms with van der Waals surface area (Å²) in [5, 5.41) is 10.3. The number of hydrogen-bond acceptors (Lipinski definition) is 4. The first-order valence-corrected chi connectivity index (χ1v) is 5.49. The van der Waals surface area contributed by atoms with Crippen LogP contribution in [0.4, 0.5) is 0 Å². The SMILES string of the molecule is Cc1csc(SCC=CC(=O)O)n1. The molecule has 0 aliphatic carbocycles. The minimum absolute atomic E-state index is 0.652.